The molecule has 4 nitrogen and oxygen atoms in total. The van der Waals surface area contributed by atoms with Crippen molar-refractivity contribution in [2.75, 3.05) is 7.11 Å². The molecule has 0 aliphatic carbocycles. The zero-order chi connectivity index (χ0) is 13.1. The number of nitrogens with one attached hydrogen (secondary N) is 1. The molecule has 1 heterocycles. The average Bonchev–Trinajstić information content (AvgIpc) is 2.25. The Balaban J connectivity index is 0.00000289. The molecule has 0 fully saturated rings. The van der Waals surface area contributed by atoms with Gasteiger partial charge < -0.3 is 10.5 Å². The number of carbonyl (C=O) groups excluding carboxylic acids is 1. The van der Waals surface area contributed by atoms with Gasteiger partial charge in [-0.1, -0.05) is 12.2 Å². The van der Waals surface area contributed by atoms with Crippen LogP contribution in [0.5, 0.6) is 0 Å². The SMILES string of the molecule is COC(=O)/C=C/C1C=CC(C(F)(F)F)=NC1[NH-].[Rh]. The third kappa shape index (κ3) is 4.70. The molecule has 0 aromatic rings. The van der Waals surface area contributed by atoms with Crippen LogP contribution in [0.4, 0.5) is 13.2 Å². The summed E-state index contributed by atoms with van der Waals surface area (Å²) in [4.78, 5) is 14.0. The average molecular weight is 350 g/mol. The van der Waals surface area contributed by atoms with Crippen LogP contribution in [-0.4, -0.2) is 31.1 Å². The molecule has 2 atom stereocenters. The minimum atomic E-state index is -4.55. The molecule has 0 saturated heterocycles. The number of hydrogen-bond donors (Lipinski definition) is 0. The van der Waals surface area contributed by atoms with Gasteiger partial charge in [-0.05, 0) is 18.2 Å². The first-order chi connectivity index (χ1) is 7.84. The summed E-state index contributed by atoms with van der Waals surface area (Å²) >= 11 is 0. The quantitative estimate of drug-likeness (QED) is 0.436. The fraction of sp³-hybridized carbons (Fsp3) is 0.400. The molecule has 1 aliphatic heterocycles. The van der Waals surface area contributed by atoms with Gasteiger partial charge in [0.1, 0.15) is 5.71 Å². The number of methoxy groups -OCH3 is 1. The molecule has 0 bridgehead atoms. The number of nitrogens with zero attached hydrogens (tertiary/aromatic N) is 1. The maximum atomic E-state index is 12.3. The largest absolute Gasteiger partial charge is 0.655 e. The van der Waals surface area contributed by atoms with E-state index in [4.69, 9.17) is 5.73 Å². The Labute approximate surface area is 115 Å². The van der Waals surface area contributed by atoms with Crippen LogP contribution in [-0.2, 0) is 29.0 Å². The van der Waals surface area contributed by atoms with Crippen molar-refractivity contribution in [1.82, 2.24) is 0 Å². The van der Waals surface area contributed by atoms with Crippen LogP contribution in [0.25, 0.3) is 5.73 Å². The Morgan fingerprint density at radius 3 is 2.61 bits per heavy atom. The third-order valence-electron chi connectivity index (χ3n) is 2.07. The van der Waals surface area contributed by atoms with Crippen molar-refractivity contribution in [3.8, 4) is 0 Å². The molecule has 1 N–H and O–H groups in total. The normalized spacial score (nSPS) is 23.5. The van der Waals surface area contributed by atoms with Crippen molar-refractivity contribution in [3.05, 3.63) is 30.0 Å². The van der Waals surface area contributed by atoms with Crippen LogP contribution in [0.2, 0.25) is 0 Å². The Hall–Kier alpha value is -1.01. The molecule has 1 rings (SSSR count). The van der Waals surface area contributed by atoms with E-state index < -0.39 is 29.9 Å². The maximum absolute atomic E-state index is 12.3. The third-order valence-corrected chi connectivity index (χ3v) is 2.07. The zero-order valence-corrected chi connectivity index (χ0v) is 10.8. The number of rotatable bonds is 2. The molecule has 1 aliphatic rings. The van der Waals surface area contributed by atoms with Crippen molar-refractivity contribution in [3.63, 3.8) is 0 Å². The number of carbonyl (C=O) groups is 1. The molecule has 0 aromatic heterocycles. The Bertz CT molecular complexity index is 391. The van der Waals surface area contributed by atoms with Gasteiger partial charge in [-0.3, -0.25) is 4.99 Å². The number of ether oxygens (including phenoxy) is 1. The van der Waals surface area contributed by atoms with E-state index in [-0.39, 0.29) is 19.5 Å². The predicted molar refractivity (Wildman–Crippen MR) is 55.4 cm³/mol. The second-order valence-electron chi connectivity index (χ2n) is 3.28. The molecular formula is C10H10F3N2O2Rh-. The summed E-state index contributed by atoms with van der Waals surface area (Å²) in [5.41, 5.74) is 6.32. The fourth-order valence-electron chi connectivity index (χ4n) is 1.18. The maximum Gasteiger partial charge on any atom is 0.432 e. The minimum absolute atomic E-state index is 0. The molecule has 0 amide bonds. The summed E-state index contributed by atoms with van der Waals surface area (Å²) in [5.74, 6) is -1.30. The van der Waals surface area contributed by atoms with E-state index >= 15 is 0 Å². The Morgan fingerprint density at radius 2 is 2.17 bits per heavy atom. The number of dihydropyridines is 1. The van der Waals surface area contributed by atoms with E-state index in [1.54, 1.807) is 0 Å². The number of halogens is 3. The molecule has 18 heavy (non-hydrogen) atoms. The topological polar surface area (TPSA) is 62.5 Å². The number of aliphatic imine (C=N–C) groups is 1. The molecule has 8 heteroatoms. The van der Waals surface area contributed by atoms with E-state index in [2.05, 4.69) is 9.73 Å². The molecule has 1 radical (unpaired) electrons. The van der Waals surface area contributed by atoms with Gasteiger partial charge >= 0.3 is 12.1 Å². The van der Waals surface area contributed by atoms with E-state index in [0.717, 1.165) is 12.2 Å². The van der Waals surface area contributed by atoms with E-state index in [9.17, 15) is 18.0 Å². The van der Waals surface area contributed by atoms with E-state index in [1.165, 1.54) is 19.3 Å². The Morgan fingerprint density at radius 1 is 1.56 bits per heavy atom. The van der Waals surface area contributed by atoms with Gasteiger partial charge in [0, 0.05) is 25.6 Å². The van der Waals surface area contributed by atoms with Gasteiger partial charge in [-0.2, -0.15) is 13.2 Å². The van der Waals surface area contributed by atoms with Crippen LogP contribution in [0, 0.1) is 5.92 Å². The van der Waals surface area contributed by atoms with Crippen LogP contribution in [0.1, 0.15) is 0 Å². The smallest absolute Gasteiger partial charge is 0.432 e. The van der Waals surface area contributed by atoms with Crippen molar-refractivity contribution in [2.45, 2.75) is 12.3 Å². The van der Waals surface area contributed by atoms with Gasteiger partial charge in [0.05, 0.1) is 7.11 Å². The van der Waals surface area contributed by atoms with Crippen LogP contribution in [0.15, 0.2) is 29.3 Å². The first kappa shape index (κ1) is 17.0. The number of esters is 1. The van der Waals surface area contributed by atoms with Crippen molar-refractivity contribution in [1.29, 1.82) is 0 Å². The predicted octanol–water partition coefficient (Wildman–Crippen LogP) is 2.28. The summed E-state index contributed by atoms with van der Waals surface area (Å²) < 4.78 is 41.1. The second kappa shape index (κ2) is 6.80. The Kier molecular flexibility index (Phi) is 6.42. The fourth-order valence-corrected chi connectivity index (χ4v) is 1.18. The molecule has 0 aromatic carbocycles. The minimum Gasteiger partial charge on any atom is -0.655 e. The molecule has 103 valence electrons. The summed E-state index contributed by atoms with van der Waals surface area (Å²) in [7, 11) is 1.18. The number of allylic oxidation sites excluding steroid dienone is 1. The molecule has 2 unspecified atom stereocenters. The molecular weight excluding hydrogens is 340 g/mol. The van der Waals surface area contributed by atoms with E-state index in [0.29, 0.717) is 0 Å². The van der Waals surface area contributed by atoms with Crippen molar-refractivity contribution < 1.29 is 42.2 Å². The van der Waals surface area contributed by atoms with Crippen LogP contribution in [0.3, 0.4) is 0 Å². The summed E-state index contributed by atoms with van der Waals surface area (Å²) in [6.45, 7) is 0. The standard InChI is InChI=1S/C10H10F3N2O2.Rh/c1-17-8(16)5-3-6-2-4-7(10(11,12)13)15-9(6)14;/h2-6,9,14H,1H3;/q-1;/b5-3+;. The van der Waals surface area contributed by atoms with Gasteiger partial charge in [-0.15, -0.1) is 0 Å². The van der Waals surface area contributed by atoms with Gasteiger partial charge in [-0.25, -0.2) is 4.79 Å². The molecule has 0 saturated carbocycles. The monoisotopic (exact) mass is 350 g/mol. The zero-order valence-electron chi connectivity index (χ0n) is 9.20. The first-order valence-corrected chi connectivity index (χ1v) is 4.65. The van der Waals surface area contributed by atoms with Crippen molar-refractivity contribution in [2.24, 2.45) is 10.9 Å². The number of alkyl halides is 3. The summed E-state index contributed by atoms with van der Waals surface area (Å²) in [5, 5.41) is 0. The summed E-state index contributed by atoms with van der Waals surface area (Å²) in [6.07, 6.45) is -1.52. The van der Waals surface area contributed by atoms with Crippen LogP contribution >= 0.6 is 0 Å². The van der Waals surface area contributed by atoms with Gasteiger partial charge in [0.25, 0.3) is 0 Å². The van der Waals surface area contributed by atoms with Crippen LogP contribution < -0.4 is 0 Å². The second-order valence-corrected chi connectivity index (χ2v) is 3.28. The van der Waals surface area contributed by atoms with E-state index in [1.807, 2.05) is 0 Å². The summed E-state index contributed by atoms with van der Waals surface area (Å²) in [6, 6.07) is 0. The molecule has 0 spiro atoms. The first-order valence-electron chi connectivity index (χ1n) is 4.65. The number of hydrogen-bond acceptors (Lipinski definition) is 3. The van der Waals surface area contributed by atoms with Gasteiger partial charge in [0.2, 0.25) is 0 Å². The van der Waals surface area contributed by atoms with Gasteiger partial charge in [0.15, 0.2) is 0 Å². The van der Waals surface area contributed by atoms with Crippen molar-refractivity contribution >= 4 is 11.7 Å².